The standard InChI is InChI=1S/C6H16N2O4S/c7-1-3-11-5-6-12-4-2-8-13(9)10/h8H,1-7H2,(H,9,10)/p-1. The third-order valence-corrected chi connectivity index (χ3v) is 1.54. The van der Waals surface area contributed by atoms with E-state index in [0.29, 0.717) is 33.0 Å². The van der Waals surface area contributed by atoms with Crippen LogP contribution in [0.1, 0.15) is 0 Å². The number of nitrogens with one attached hydrogen (secondary N) is 1. The zero-order valence-electron chi connectivity index (χ0n) is 7.36. The first kappa shape index (κ1) is 12.9. The molecule has 0 amide bonds. The summed E-state index contributed by atoms with van der Waals surface area (Å²) in [5.41, 5.74) is 5.18. The van der Waals surface area contributed by atoms with E-state index < -0.39 is 11.3 Å². The lowest BCUT2D eigenvalue weighted by molar-refractivity contribution is 0.0530. The van der Waals surface area contributed by atoms with Crippen LogP contribution < -0.4 is 10.5 Å². The maximum atomic E-state index is 9.97. The van der Waals surface area contributed by atoms with Crippen LogP contribution in [-0.4, -0.2) is 48.3 Å². The highest BCUT2D eigenvalue weighted by atomic mass is 32.2. The molecular weight excluding hydrogens is 196 g/mol. The van der Waals surface area contributed by atoms with E-state index in [1.165, 1.54) is 0 Å². The molecule has 0 fully saturated rings. The van der Waals surface area contributed by atoms with Gasteiger partial charge in [-0.1, -0.05) is 0 Å². The minimum Gasteiger partial charge on any atom is -0.760 e. The molecule has 3 N–H and O–H groups in total. The summed E-state index contributed by atoms with van der Waals surface area (Å²) in [5, 5.41) is 0. The van der Waals surface area contributed by atoms with Crippen LogP contribution >= 0.6 is 0 Å². The Morgan fingerprint density at radius 3 is 2.38 bits per heavy atom. The third-order valence-electron chi connectivity index (χ3n) is 1.10. The molecule has 6 nitrogen and oxygen atoms in total. The van der Waals surface area contributed by atoms with Crippen LogP contribution in [-0.2, 0) is 20.7 Å². The van der Waals surface area contributed by atoms with Gasteiger partial charge in [-0.25, -0.2) is 4.72 Å². The number of hydrogen-bond acceptors (Lipinski definition) is 5. The fraction of sp³-hybridized carbons (Fsp3) is 1.00. The average molecular weight is 211 g/mol. The Morgan fingerprint density at radius 2 is 1.85 bits per heavy atom. The highest BCUT2D eigenvalue weighted by Gasteiger charge is 1.89. The van der Waals surface area contributed by atoms with Gasteiger partial charge in [-0.3, -0.25) is 4.21 Å². The van der Waals surface area contributed by atoms with Crippen LogP contribution in [0.4, 0.5) is 0 Å². The van der Waals surface area contributed by atoms with Crippen molar-refractivity contribution in [3.8, 4) is 0 Å². The maximum absolute atomic E-state index is 9.97. The Hall–Kier alpha value is -0.0500. The van der Waals surface area contributed by atoms with Crippen LogP contribution in [0.15, 0.2) is 0 Å². The fourth-order valence-corrected chi connectivity index (χ4v) is 0.852. The molecule has 0 heterocycles. The molecule has 13 heavy (non-hydrogen) atoms. The van der Waals surface area contributed by atoms with E-state index in [2.05, 4.69) is 4.72 Å². The molecule has 0 saturated heterocycles. The first-order valence-corrected chi connectivity index (χ1v) is 5.03. The minimum atomic E-state index is -2.20. The molecule has 1 atom stereocenters. The summed E-state index contributed by atoms with van der Waals surface area (Å²) in [6.07, 6.45) is 0. The first-order chi connectivity index (χ1) is 6.27. The second kappa shape index (κ2) is 10.0. The summed E-state index contributed by atoms with van der Waals surface area (Å²) in [6.45, 7) is 2.58. The molecule has 0 radical (unpaired) electrons. The number of hydrogen-bond donors (Lipinski definition) is 2. The van der Waals surface area contributed by atoms with Crippen LogP contribution in [0.25, 0.3) is 0 Å². The van der Waals surface area contributed by atoms with E-state index in [-0.39, 0.29) is 6.54 Å². The minimum absolute atomic E-state index is 0.285. The van der Waals surface area contributed by atoms with Crippen LogP contribution in [0.3, 0.4) is 0 Å². The van der Waals surface area contributed by atoms with E-state index in [1.54, 1.807) is 0 Å². The predicted octanol–water partition coefficient (Wildman–Crippen LogP) is -1.64. The van der Waals surface area contributed by atoms with Crippen molar-refractivity contribution in [1.29, 1.82) is 0 Å². The Bertz CT molecular complexity index is 136. The van der Waals surface area contributed by atoms with Gasteiger partial charge in [0.2, 0.25) is 0 Å². The van der Waals surface area contributed by atoms with Gasteiger partial charge in [0, 0.05) is 24.4 Å². The first-order valence-electron chi connectivity index (χ1n) is 3.95. The van der Waals surface area contributed by atoms with Crippen LogP contribution in [0.5, 0.6) is 0 Å². The zero-order chi connectivity index (χ0) is 9.94. The van der Waals surface area contributed by atoms with Gasteiger partial charge in [0.15, 0.2) is 0 Å². The lowest BCUT2D eigenvalue weighted by atomic mass is 10.7. The second-order valence-corrected chi connectivity index (χ2v) is 2.90. The maximum Gasteiger partial charge on any atom is 0.0701 e. The van der Waals surface area contributed by atoms with Crippen molar-refractivity contribution in [3.05, 3.63) is 0 Å². The molecule has 1 unspecified atom stereocenters. The molecule has 80 valence electrons. The Morgan fingerprint density at radius 1 is 1.23 bits per heavy atom. The normalized spacial score (nSPS) is 13.1. The van der Waals surface area contributed by atoms with E-state index >= 15 is 0 Å². The van der Waals surface area contributed by atoms with Gasteiger partial charge in [-0.05, 0) is 0 Å². The smallest absolute Gasteiger partial charge is 0.0701 e. The average Bonchev–Trinajstić information content (AvgIpc) is 2.09. The van der Waals surface area contributed by atoms with Crippen molar-refractivity contribution in [2.75, 3.05) is 39.5 Å². The summed E-state index contributed by atoms with van der Waals surface area (Å²) in [7, 11) is 0. The molecule has 0 saturated carbocycles. The zero-order valence-corrected chi connectivity index (χ0v) is 8.18. The third kappa shape index (κ3) is 12.0. The fourth-order valence-electron chi connectivity index (χ4n) is 0.602. The van der Waals surface area contributed by atoms with Gasteiger partial charge in [-0.2, -0.15) is 0 Å². The van der Waals surface area contributed by atoms with E-state index in [1.807, 2.05) is 0 Å². The van der Waals surface area contributed by atoms with Crippen molar-refractivity contribution in [3.63, 3.8) is 0 Å². The molecular formula is C6H15N2O4S-. The van der Waals surface area contributed by atoms with Gasteiger partial charge in [0.05, 0.1) is 26.4 Å². The monoisotopic (exact) mass is 211 g/mol. The van der Waals surface area contributed by atoms with Crippen molar-refractivity contribution in [2.24, 2.45) is 5.73 Å². The number of rotatable bonds is 9. The lowest BCUT2D eigenvalue weighted by Crippen LogP contribution is -2.22. The molecule has 0 rings (SSSR count). The van der Waals surface area contributed by atoms with Crippen molar-refractivity contribution >= 4 is 11.3 Å². The van der Waals surface area contributed by atoms with Crippen molar-refractivity contribution in [1.82, 2.24) is 4.72 Å². The summed E-state index contributed by atoms with van der Waals surface area (Å²) in [4.78, 5) is 0. The topological polar surface area (TPSA) is 96.6 Å². The van der Waals surface area contributed by atoms with Gasteiger partial charge >= 0.3 is 0 Å². The Balaban J connectivity index is 2.87. The summed E-state index contributed by atoms with van der Waals surface area (Å²) < 4.78 is 32.2. The van der Waals surface area contributed by atoms with Gasteiger partial charge in [-0.15, -0.1) is 0 Å². The summed E-state index contributed by atoms with van der Waals surface area (Å²) >= 11 is -2.20. The summed E-state index contributed by atoms with van der Waals surface area (Å²) in [5.74, 6) is 0. The molecule has 0 aliphatic heterocycles. The molecule has 7 heteroatoms. The Labute approximate surface area is 80.2 Å². The van der Waals surface area contributed by atoms with Crippen LogP contribution in [0.2, 0.25) is 0 Å². The highest BCUT2D eigenvalue weighted by molar-refractivity contribution is 7.77. The quantitative estimate of drug-likeness (QED) is 0.352. The molecule has 0 aromatic carbocycles. The van der Waals surface area contributed by atoms with Gasteiger partial charge in [0.25, 0.3) is 0 Å². The molecule has 0 aromatic heterocycles. The largest absolute Gasteiger partial charge is 0.760 e. The molecule has 0 aromatic rings. The summed E-state index contributed by atoms with van der Waals surface area (Å²) in [6, 6.07) is 0. The number of nitrogens with two attached hydrogens (primary N) is 1. The molecule has 0 aliphatic rings. The van der Waals surface area contributed by atoms with Crippen molar-refractivity contribution in [2.45, 2.75) is 0 Å². The number of ether oxygens (including phenoxy) is 2. The van der Waals surface area contributed by atoms with Gasteiger partial charge < -0.3 is 19.8 Å². The van der Waals surface area contributed by atoms with E-state index in [4.69, 9.17) is 15.2 Å². The van der Waals surface area contributed by atoms with Crippen LogP contribution in [0, 0.1) is 0 Å². The van der Waals surface area contributed by atoms with E-state index in [0.717, 1.165) is 0 Å². The second-order valence-electron chi connectivity index (χ2n) is 2.14. The highest BCUT2D eigenvalue weighted by Crippen LogP contribution is 1.77. The predicted molar refractivity (Wildman–Crippen MR) is 47.6 cm³/mol. The molecule has 0 aliphatic carbocycles. The van der Waals surface area contributed by atoms with Gasteiger partial charge in [0.1, 0.15) is 0 Å². The molecule has 0 bridgehead atoms. The molecule has 0 spiro atoms. The van der Waals surface area contributed by atoms with Crippen molar-refractivity contribution < 1.29 is 18.2 Å². The van der Waals surface area contributed by atoms with E-state index in [9.17, 15) is 8.76 Å². The Kier molecular flexibility index (Phi) is 10.00. The SMILES string of the molecule is NCCOCCOCCNS(=O)[O-]. The lowest BCUT2D eigenvalue weighted by Gasteiger charge is -2.07.